The number of allylic oxidation sites excluding steroid dienone is 2. The molecule has 0 bridgehead atoms. The first-order valence-electron chi connectivity index (χ1n) is 24.2. The van der Waals surface area contributed by atoms with E-state index in [1.807, 2.05) is 92.6 Å². The zero-order chi connectivity index (χ0) is 50.6. The van der Waals surface area contributed by atoms with Crippen molar-refractivity contribution in [3.63, 3.8) is 0 Å². The van der Waals surface area contributed by atoms with Crippen molar-refractivity contribution < 1.29 is 48.0 Å². The molecule has 0 aliphatic rings. The maximum atomic E-state index is 12.9. The molecule has 0 fully saturated rings. The maximum Gasteiger partial charge on any atom is 0.339 e. The van der Waals surface area contributed by atoms with Crippen LogP contribution >= 0.6 is 0 Å². The van der Waals surface area contributed by atoms with Gasteiger partial charge in [0.05, 0.1) is 36.5 Å². The second kappa shape index (κ2) is 27.6. The van der Waals surface area contributed by atoms with E-state index in [4.69, 9.17) is 23.7 Å². The van der Waals surface area contributed by atoms with Gasteiger partial charge in [-0.1, -0.05) is 52.4 Å². The molecule has 4 aromatic rings. The molecule has 0 amide bonds. The molecule has 10 nitrogen and oxygen atoms in total. The Kier molecular flexibility index (Phi) is 22.8. The highest BCUT2D eigenvalue weighted by molar-refractivity contribution is 6.08. The predicted octanol–water partition coefficient (Wildman–Crippen LogP) is 14.5. The molecule has 68 heavy (non-hydrogen) atoms. The SMILES string of the molecule is CCCCCCOc1ccc(C(=O)C=Cc2cc(C)c(C(=O)O)c(C)c2OC(C)C)cc1.CCCCCCOc1ccc(C(=O)C=Cc2cc(C)c(C(=O)OC(C)(C)C)c(C)c2OC(C)C)cc1. The summed E-state index contributed by atoms with van der Waals surface area (Å²) in [6.45, 7) is 26.1. The normalized spacial score (nSPS) is 11.5. The van der Waals surface area contributed by atoms with Gasteiger partial charge < -0.3 is 28.8 Å². The number of carboxylic acids is 1. The number of carboxylic acid groups (broad SMARTS) is 1. The molecule has 0 aliphatic heterocycles. The number of hydrogen-bond donors (Lipinski definition) is 1. The molecule has 4 aromatic carbocycles. The highest BCUT2D eigenvalue weighted by Gasteiger charge is 2.25. The summed E-state index contributed by atoms with van der Waals surface area (Å²) in [6, 6.07) is 18.0. The Balaban J connectivity index is 0.000000363. The van der Waals surface area contributed by atoms with Gasteiger partial charge in [-0.3, -0.25) is 9.59 Å². The van der Waals surface area contributed by atoms with Crippen LogP contribution in [-0.2, 0) is 4.74 Å². The van der Waals surface area contributed by atoms with Crippen LogP contribution in [0.4, 0.5) is 0 Å². The van der Waals surface area contributed by atoms with E-state index in [1.54, 1.807) is 56.3 Å². The van der Waals surface area contributed by atoms with Crippen LogP contribution in [0.15, 0.2) is 72.8 Å². The van der Waals surface area contributed by atoms with Gasteiger partial charge in [-0.15, -0.1) is 0 Å². The molecular weight excluding hydrogens is 857 g/mol. The molecule has 1 N–H and O–H groups in total. The fourth-order valence-electron chi connectivity index (χ4n) is 7.39. The largest absolute Gasteiger partial charge is 0.494 e. The molecule has 0 radical (unpaired) electrons. The van der Waals surface area contributed by atoms with Crippen molar-refractivity contribution >= 4 is 35.7 Å². The summed E-state index contributed by atoms with van der Waals surface area (Å²) in [5, 5.41) is 9.54. The lowest BCUT2D eigenvalue weighted by Gasteiger charge is -2.23. The van der Waals surface area contributed by atoms with Crippen molar-refractivity contribution in [2.75, 3.05) is 13.2 Å². The molecule has 0 spiro atoms. The monoisotopic (exact) mass is 933 g/mol. The van der Waals surface area contributed by atoms with E-state index in [0.29, 0.717) is 63.7 Å². The third kappa shape index (κ3) is 18.1. The number of esters is 1. The maximum absolute atomic E-state index is 12.9. The minimum Gasteiger partial charge on any atom is -0.494 e. The number of ketones is 2. The number of aromatic carboxylic acids is 1. The third-order valence-electron chi connectivity index (χ3n) is 10.7. The van der Waals surface area contributed by atoms with Crippen LogP contribution in [0.25, 0.3) is 12.2 Å². The average molecular weight is 933 g/mol. The zero-order valence-electron chi connectivity index (χ0n) is 42.9. The van der Waals surface area contributed by atoms with Crippen LogP contribution in [-0.4, -0.2) is 59.6 Å². The smallest absolute Gasteiger partial charge is 0.339 e. The molecule has 0 heterocycles. The van der Waals surface area contributed by atoms with Gasteiger partial charge in [-0.05, 0) is 185 Å². The average Bonchev–Trinajstić information content (AvgIpc) is 3.26. The molecule has 0 atom stereocenters. The van der Waals surface area contributed by atoms with Gasteiger partial charge in [0.15, 0.2) is 11.6 Å². The number of unbranched alkanes of at least 4 members (excludes halogenated alkanes) is 6. The van der Waals surface area contributed by atoms with E-state index in [2.05, 4.69) is 13.8 Å². The van der Waals surface area contributed by atoms with Gasteiger partial charge in [-0.25, -0.2) is 9.59 Å². The van der Waals surface area contributed by atoms with Gasteiger partial charge in [0.25, 0.3) is 0 Å². The quantitative estimate of drug-likeness (QED) is 0.0313. The summed E-state index contributed by atoms with van der Waals surface area (Å²) in [6.07, 6.45) is 15.4. The third-order valence-corrected chi connectivity index (χ3v) is 10.7. The van der Waals surface area contributed by atoms with Crippen molar-refractivity contribution in [1.82, 2.24) is 0 Å². The number of ether oxygens (including phenoxy) is 5. The second-order valence-corrected chi connectivity index (χ2v) is 18.6. The molecule has 0 saturated heterocycles. The van der Waals surface area contributed by atoms with Crippen molar-refractivity contribution in [1.29, 1.82) is 0 Å². The predicted molar refractivity (Wildman–Crippen MR) is 274 cm³/mol. The Morgan fingerprint density at radius 1 is 0.574 bits per heavy atom. The van der Waals surface area contributed by atoms with E-state index < -0.39 is 11.6 Å². The minimum absolute atomic E-state index is 0.102. The summed E-state index contributed by atoms with van der Waals surface area (Å²) >= 11 is 0. The zero-order valence-corrected chi connectivity index (χ0v) is 42.9. The van der Waals surface area contributed by atoms with E-state index in [-0.39, 0.29) is 35.3 Å². The van der Waals surface area contributed by atoms with Crippen LogP contribution in [0, 0.1) is 27.7 Å². The molecular formula is C58H76O10. The summed E-state index contributed by atoms with van der Waals surface area (Å²) in [5.41, 5.74) is 5.33. The summed E-state index contributed by atoms with van der Waals surface area (Å²) in [4.78, 5) is 50.1. The van der Waals surface area contributed by atoms with Crippen molar-refractivity contribution in [2.24, 2.45) is 0 Å². The van der Waals surface area contributed by atoms with Gasteiger partial charge in [-0.2, -0.15) is 0 Å². The van der Waals surface area contributed by atoms with Gasteiger partial charge >= 0.3 is 11.9 Å². The Morgan fingerprint density at radius 2 is 0.956 bits per heavy atom. The highest BCUT2D eigenvalue weighted by Crippen LogP contribution is 2.34. The first-order chi connectivity index (χ1) is 32.2. The molecule has 0 aliphatic carbocycles. The Labute approximate surface area is 406 Å². The summed E-state index contributed by atoms with van der Waals surface area (Å²) < 4.78 is 29.1. The van der Waals surface area contributed by atoms with E-state index in [1.165, 1.54) is 37.8 Å². The Hall–Kier alpha value is -6.16. The van der Waals surface area contributed by atoms with E-state index >= 15 is 0 Å². The number of benzene rings is 4. The fraction of sp³-hybridized carbons (Fsp3) is 0.448. The number of carbonyl (C=O) groups is 4. The van der Waals surface area contributed by atoms with E-state index in [9.17, 15) is 24.3 Å². The van der Waals surface area contributed by atoms with Gasteiger partial charge in [0, 0.05) is 33.4 Å². The Bertz CT molecular complexity index is 2340. The van der Waals surface area contributed by atoms with Crippen molar-refractivity contribution in [3.8, 4) is 23.0 Å². The van der Waals surface area contributed by atoms with Crippen LogP contribution < -0.4 is 18.9 Å². The van der Waals surface area contributed by atoms with E-state index in [0.717, 1.165) is 48.3 Å². The lowest BCUT2D eigenvalue weighted by molar-refractivity contribution is 0.00667. The lowest BCUT2D eigenvalue weighted by atomic mass is 9.96. The molecule has 0 unspecified atom stereocenters. The van der Waals surface area contributed by atoms with Crippen molar-refractivity contribution in [2.45, 2.75) is 159 Å². The molecule has 0 saturated carbocycles. The topological polar surface area (TPSA) is 135 Å². The van der Waals surface area contributed by atoms with Crippen LogP contribution in [0.5, 0.6) is 23.0 Å². The highest BCUT2D eigenvalue weighted by atomic mass is 16.6. The molecule has 10 heteroatoms. The first-order valence-corrected chi connectivity index (χ1v) is 24.2. The van der Waals surface area contributed by atoms with Crippen LogP contribution in [0.1, 0.15) is 188 Å². The molecule has 0 aromatic heterocycles. The minimum atomic E-state index is -0.993. The van der Waals surface area contributed by atoms with Gasteiger partial charge in [0.2, 0.25) is 0 Å². The van der Waals surface area contributed by atoms with Gasteiger partial charge in [0.1, 0.15) is 28.6 Å². The number of carbonyl (C=O) groups excluding carboxylic acids is 3. The van der Waals surface area contributed by atoms with Crippen LogP contribution in [0.2, 0.25) is 0 Å². The fourth-order valence-corrected chi connectivity index (χ4v) is 7.39. The van der Waals surface area contributed by atoms with Crippen LogP contribution in [0.3, 0.4) is 0 Å². The standard InChI is InChI=1S/C31H42O5.C27H34O5/c1-9-10-11-12-19-34-26-16-13-24(14-17-26)27(32)18-15-25-20-22(4)28(30(33)36-31(6,7)8)23(5)29(25)35-21(2)3;1-6-7-8-9-16-31-23-13-10-21(11-14-23)24(28)15-12-22-17-19(4)25(27(29)30)20(5)26(22)32-18(2)3/h13-18,20-21H,9-12,19H2,1-8H3;10-15,17-18H,6-9,16H2,1-5H3,(H,29,30). The Morgan fingerprint density at radius 3 is 1.31 bits per heavy atom. The number of aryl methyl sites for hydroxylation is 2. The number of hydrogen-bond acceptors (Lipinski definition) is 9. The molecule has 368 valence electrons. The summed E-state index contributed by atoms with van der Waals surface area (Å²) in [7, 11) is 0. The summed E-state index contributed by atoms with van der Waals surface area (Å²) in [5.74, 6) is 0.942. The number of rotatable bonds is 24. The second-order valence-electron chi connectivity index (χ2n) is 18.6. The first kappa shape index (κ1) is 56.2. The lowest BCUT2D eigenvalue weighted by Crippen LogP contribution is -2.25. The molecule has 4 rings (SSSR count). The van der Waals surface area contributed by atoms with Crippen molar-refractivity contribution in [3.05, 3.63) is 128 Å².